The van der Waals surface area contributed by atoms with E-state index in [4.69, 9.17) is 15.6 Å². The molecule has 8 heteroatoms. The zero-order valence-electron chi connectivity index (χ0n) is 9.39. The topological polar surface area (TPSA) is 128 Å². The van der Waals surface area contributed by atoms with E-state index in [-0.39, 0.29) is 24.4 Å². The van der Waals surface area contributed by atoms with Crippen LogP contribution in [0.25, 0.3) is 0 Å². The van der Waals surface area contributed by atoms with E-state index in [9.17, 15) is 14.7 Å². The van der Waals surface area contributed by atoms with Gasteiger partial charge in [-0.25, -0.2) is 4.79 Å². The zero-order chi connectivity index (χ0) is 13.3. The summed E-state index contributed by atoms with van der Waals surface area (Å²) in [5.74, 6) is -0.150. The third-order valence-corrected chi connectivity index (χ3v) is 2.83. The van der Waals surface area contributed by atoms with Crippen LogP contribution >= 0.6 is 0 Å². The fourth-order valence-corrected chi connectivity index (χ4v) is 1.84. The second-order valence-corrected chi connectivity index (χ2v) is 4.00. The van der Waals surface area contributed by atoms with Crippen molar-refractivity contribution in [3.8, 4) is 0 Å². The molecule has 18 heavy (non-hydrogen) atoms. The Labute approximate surface area is 102 Å². The van der Waals surface area contributed by atoms with Crippen molar-refractivity contribution in [1.82, 2.24) is 9.55 Å². The van der Waals surface area contributed by atoms with Crippen LogP contribution in [0.3, 0.4) is 0 Å². The highest BCUT2D eigenvalue weighted by molar-refractivity contribution is 5.80. The van der Waals surface area contributed by atoms with Gasteiger partial charge in [-0.2, -0.15) is 4.98 Å². The molecule has 0 amide bonds. The fourth-order valence-electron chi connectivity index (χ4n) is 1.84. The van der Waals surface area contributed by atoms with Gasteiger partial charge in [0.15, 0.2) is 6.29 Å². The lowest BCUT2D eigenvalue weighted by Gasteiger charge is -2.14. The Balaban J connectivity index is 2.35. The number of nitrogen functional groups attached to an aromatic ring is 1. The van der Waals surface area contributed by atoms with Crippen LogP contribution in [0.4, 0.5) is 5.82 Å². The lowest BCUT2D eigenvalue weighted by Crippen LogP contribution is -2.29. The lowest BCUT2D eigenvalue weighted by molar-refractivity contribution is -0.0458. The molecule has 0 radical (unpaired) electrons. The number of carbonyl (C=O) groups excluding carboxylic acids is 1. The van der Waals surface area contributed by atoms with Gasteiger partial charge in [-0.1, -0.05) is 0 Å². The summed E-state index contributed by atoms with van der Waals surface area (Å²) in [5, 5.41) is 18.5. The average Bonchev–Trinajstić information content (AvgIpc) is 2.70. The lowest BCUT2D eigenvalue weighted by atomic mass is 10.2. The second kappa shape index (κ2) is 4.84. The number of aromatic nitrogens is 2. The van der Waals surface area contributed by atoms with E-state index >= 15 is 0 Å². The molecule has 0 unspecified atom stereocenters. The van der Waals surface area contributed by atoms with Crippen molar-refractivity contribution >= 4 is 12.1 Å². The highest BCUT2D eigenvalue weighted by Gasteiger charge is 2.35. The van der Waals surface area contributed by atoms with Gasteiger partial charge >= 0.3 is 5.69 Å². The minimum absolute atomic E-state index is 0.0696. The van der Waals surface area contributed by atoms with Gasteiger partial charge in [0.1, 0.15) is 18.1 Å². The highest BCUT2D eigenvalue weighted by atomic mass is 16.5. The first kappa shape index (κ1) is 12.7. The molecule has 4 N–H and O–H groups in total. The third kappa shape index (κ3) is 2.13. The molecule has 1 aromatic rings. The normalized spacial score (nSPS) is 27.3. The van der Waals surface area contributed by atoms with Gasteiger partial charge in [0.25, 0.3) is 0 Å². The number of aliphatic hydroxyl groups excluding tert-OH is 2. The molecule has 2 rings (SSSR count). The van der Waals surface area contributed by atoms with Gasteiger partial charge in [0.05, 0.1) is 18.3 Å². The predicted molar refractivity (Wildman–Crippen MR) is 59.9 cm³/mol. The maximum Gasteiger partial charge on any atom is 0.351 e. The maximum atomic E-state index is 11.6. The van der Waals surface area contributed by atoms with Crippen LogP contribution in [0.1, 0.15) is 23.0 Å². The maximum absolute atomic E-state index is 11.6. The molecule has 0 saturated carbocycles. The molecular formula is C10H13N3O5. The Morgan fingerprint density at radius 3 is 2.94 bits per heavy atom. The number of nitrogens with two attached hydrogens (primary N) is 1. The van der Waals surface area contributed by atoms with Gasteiger partial charge in [-0.3, -0.25) is 9.36 Å². The second-order valence-electron chi connectivity index (χ2n) is 4.00. The van der Waals surface area contributed by atoms with E-state index in [2.05, 4.69) is 4.98 Å². The molecule has 0 bridgehead atoms. The minimum atomic E-state index is -0.871. The van der Waals surface area contributed by atoms with E-state index in [0.717, 1.165) is 4.57 Å². The van der Waals surface area contributed by atoms with Crippen LogP contribution < -0.4 is 11.4 Å². The molecule has 3 atom stereocenters. The summed E-state index contributed by atoms with van der Waals surface area (Å²) in [6.07, 6.45) is -0.545. The van der Waals surface area contributed by atoms with Crippen LogP contribution in [0.5, 0.6) is 0 Å². The number of ether oxygens (including phenoxy) is 1. The largest absolute Gasteiger partial charge is 0.394 e. The van der Waals surface area contributed by atoms with Crippen LogP contribution in [0.15, 0.2) is 11.0 Å². The molecular weight excluding hydrogens is 242 g/mol. The summed E-state index contributed by atoms with van der Waals surface area (Å²) in [6.45, 7) is -0.352. The zero-order valence-corrected chi connectivity index (χ0v) is 9.39. The number of carbonyl (C=O) groups is 1. The first-order valence-corrected chi connectivity index (χ1v) is 5.35. The van der Waals surface area contributed by atoms with Crippen molar-refractivity contribution in [3.63, 3.8) is 0 Å². The van der Waals surface area contributed by atoms with Crippen LogP contribution in [-0.2, 0) is 4.74 Å². The van der Waals surface area contributed by atoms with E-state index < -0.39 is 24.1 Å². The molecule has 0 aliphatic carbocycles. The molecule has 0 spiro atoms. The van der Waals surface area contributed by atoms with Crippen molar-refractivity contribution in [3.05, 3.63) is 22.2 Å². The Hall–Kier alpha value is -1.77. The first-order valence-electron chi connectivity index (χ1n) is 5.35. The van der Waals surface area contributed by atoms with E-state index in [1.807, 2.05) is 0 Å². The molecule has 8 nitrogen and oxygen atoms in total. The van der Waals surface area contributed by atoms with Gasteiger partial charge in [0.2, 0.25) is 0 Å². The fraction of sp³-hybridized carbons (Fsp3) is 0.500. The number of anilines is 1. The number of hydrogen-bond acceptors (Lipinski definition) is 7. The SMILES string of the molecule is Nc1nc(=O)n([C@H]2C[C@H](O)[C@@H](CO)O2)cc1C=O. The molecule has 1 aliphatic heterocycles. The molecule has 1 aromatic heterocycles. The van der Waals surface area contributed by atoms with Crippen molar-refractivity contribution < 1.29 is 19.7 Å². The monoisotopic (exact) mass is 255 g/mol. The van der Waals surface area contributed by atoms with E-state index in [1.165, 1.54) is 6.20 Å². The number of rotatable bonds is 3. The van der Waals surface area contributed by atoms with Crippen molar-refractivity contribution in [2.24, 2.45) is 0 Å². The van der Waals surface area contributed by atoms with Gasteiger partial charge in [0, 0.05) is 12.6 Å². The summed E-state index contributed by atoms with van der Waals surface area (Å²) < 4.78 is 6.38. The Bertz CT molecular complexity index is 515. The molecule has 1 fully saturated rings. The Kier molecular flexibility index (Phi) is 3.41. The Morgan fingerprint density at radius 1 is 1.67 bits per heavy atom. The van der Waals surface area contributed by atoms with Crippen LogP contribution in [0.2, 0.25) is 0 Å². The summed E-state index contributed by atoms with van der Waals surface area (Å²) in [7, 11) is 0. The van der Waals surface area contributed by atoms with Crippen molar-refractivity contribution in [2.75, 3.05) is 12.3 Å². The molecule has 1 saturated heterocycles. The molecule has 98 valence electrons. The average molecular weight is 255 g/mol. The number of aldehydes is 1. The van der Waals surface area contributed by atoms with Crippen LogP contribution in [0, 0.1) is 0 Å². The van der Waals surface area contributed by atoms with Gasteiger partial charge in [-0.15, -0.1) is 0 Å². The minimum Gasteiger partial charge on any atom is -0.394 e. The predicted octanol–water partition coefficient (Wildman–Crippen LogP) is -1.72. The number of hydrogen-bond donors (Lipinski definition) is 3. The summed E-state index contributed by atoms with van der Waals surface area (Å²) in [5.41, 5.74) is 4.79. The summed E-state index contributed by atoms with van der Waals surface area (Å²) in [6, 6.07) is 0. The van der Waals surface area contributed by atoms with E-state index in [0.29, 0.717) is 6.29 Å². The highest BCUT2D eigenvalue weighted by Crippen LogP contribution is 2.27. The number of nitrogens with zero attached hydrogens (tertiary/aromatic N) is 2. The standard InChI is InChI=1S/C10H13N3O5/c11-9-5(3-14)2-13(10(17)12-9)8-1-6(16)7(4-15)18-8/h2-3,6-8,15-16H,1,4H2,(H2,11,12,17)/t6-,7+,8+/m0/s1. The van der Waals surface area contributed by atoms with Crippen LogP contribution in [-0.4, -0.2) is 44.9 Å². The quantitative estimate of drug-likeness (QED) is 0.548. The number of aliphatic hydroxyl groups is 2. The van der Waals surface area contributed by atoms with Crippen molar-refractivity contribution in [1.29, 1.82) is 0 Å². The summed E-state index contributed by atoms with van der Waals surface area (Å²) in [4.78, 5) is 25.8. The molecule has 1 aliphatic rings. The first-order chi connectivity index (χ1) is 8.56. The molecule has 0 aromatic carbocycles. The molecule has 2 heterocycles. The van der Waals surface area contributed by atoms with Gasteiger partial charge in [-0.05, 0) is 0 Å². The van der Waals surface area contributed by atoms with Crippen molar-refractivity contribution in [2.45, 2.75) is 24.9 Å². The third-order valence-electron chi connectivity index (χ3n) is 2.83. The smallest absolute Gasteiger partial charge is 0.351 e. The Morgan fingerprint density at radius 2 is 2.39 bits per heavy atom. The summed E-state index contributed by atoms with van der Waals surface area (Å²) >= 11 is 0. The van der Waals surface area contributed by atoms with Gasteiger partial charge < -0.3 is 20.7 Å². The van der Waals surface area contributed by atoms with E-state index in [1.54, 1.807) is 0 Å².